The van der Waals surface area contributed by atoms with E-state index in [0.717, 1.165) is 27.8 Å². The summed E-state index contributed by atoms with van der Waals surface area (Å²) in [6.45, 7) is 6.35. The molecule has 2 nitrogen and oxygen atoms in total. The maximum Gasteiger partial charge on any atom is 0.144 e. The zero-order chi connectivity index (χ0) is 17.1. The lowest BCUT2D eigenvalue weighted by Gasteiger charge is -2.05. The van der Waals surface area contributed by atoms with E-state index in [1.165, 1.54) is 31.5 Å². The third-order valence-electron chi connectivity index (χ3n) is 4.93. The molecular weight excluding hydrogens is 326 g/mol. The molecule has 0 saturated heterocycles. The number of fused-ring (bicyclic) bond motifs is 5. The van der Waals surface area contributed by atoms with Gasteiger partial charge in [0.2, 0.25) is 0 Å². The first-order valence-electron chi connectivity index (χ1n) is 8.40. The number of benzene rings is 2. The standard InChI is InChI=1S/C22H17NOS/c1-12-9-19(23-11-13(12)2)17-6-4-5-15-16-7-8-20-18(10-14(3)25-20)22(16)24-21(15)17/h4-11H,1-3H3. The molecule has 0 saturated carbocycles. The number of para-hydroxylation sites is 1. The van der Waals surface area contributed by atoms with Gasteiger partial charge in [0.25, 0.3) is 0 Å². The van der Waals surface area contributed by atoms with E-state index in [1.54, 1.807) is 0 Å². The number of aromatic nitrogens is 1. The van der Waals surface area contributed by atoms with Crippen molar-refractivity contribution in [2.24, 2.45) is 0 Å². The summed E-state index contributed by atoms with van der Waals surface area (Å²) in [5, 5.41) is 3.53. The highest BCUT2D eigenvalue weighted by atomic mass is 32.1. The second-order valence-electron chi connectivity index (χ2n) is 6.65. The second-order valence-corrected chi connectivity index (χ2v) is 7.94. The number of pyridine rings is 1. The Balaban J connectivity index is 1.88. The Hall–Kier alpha value is -2.65. The molecule has 0 bridgehead atoms. The highest BCUT2D eigenvalue weighted by Gasteiger charge is 2.15. The van der Waals surface area contributed by atoms with Gasteiger partial charge >= 0.3 is 0 Å². The number of rotatable bonds is 1. The first-order valence-corrected chi connectivity index (χ1v) is 9.21. The molecule has 0 fully saturated rings. The quantitative estimate of drug-likeness (QED) is 0.335. The van der Waals surface area contributed by atoms with Crippen LogP contribution < -0.4 is 0 Å². The molecule has 5 aromatic rings. The largest absolute Gasteiger partial charge is 0.455 e. The first-order chi connectivity index (χ1) is 12.1. The van der Waals surface area contributed by atoms with Crippen LogP contribution in [0.3, 0.4) is 0 Å². The van der Waals surface area contributed by atoms with E-state index < -0.39 is 0 Å². The molecule has 122 valence electrons. The maximum absolute atomic E-state index is 6.40. The Morgan fingerprint density at radius 2 is 1.68 bits per heavy atom. The van der Waals surface area contributed by atoms with Crippen molar-refractivity contribution in [3.63, 3.8) is 0 Å². The lowest BCUT2D eigenvalue weighted by molar-refractivity contribution is 0.673. The monoisotopic (exact) mass is 343 g/mol. The van der Waals surface area contributed by atoms with Crippen LogP contribution in [-0.2, 0) is 0 Å². The molecule has 5 rings (SSSR count). The molecule has 3 aromatic heterocycles. The molecule has 0 amide bonds. The van der Waals surface area contributed by atoms with Crippen molar-refractivity contribution < 1.29 is 4.42 Å². The van der Waals surface area contributed by atoms with E-state index >= 15 is 0 Å². The zero-order valence-corrected chi connectivity index (χ0v) is 15.2. The van der Waals surface area contributed by atoms with Crippen LogP contribution in [-0.4, -0.2) is 4.98 Å². The van der Waals surface area contributed by atoms with Crippen LogP contribution in [0, 0.1) is 20.8 Å². The highest BCUT2D eigenvalue weighted by Crippen LogP contribution is 2.40. The average Bonchev–Trinajstić information content (AvgIpc) is 3.16. The topological polar surface area (TPSA) is 26.0 Å². The van der Waals surface area contributed by atoms with Gasteiger partial charge in [0.15, 0.2) is 0 Å². The molecule has 0 N–H and O–H groups in total. The summed E-state index contributed by atoms with van der Waals surface area (Å²) in [7, 11) is 0. The van der Waals surface area contributed by atoms with E-state index in [4.69, 9.17) is 4.42 Å². The molecule has 3 heteroatoms. The zero-order valence-electron chi connectivity index (χ0n) is 14.4. The minimum absolute atomic E-state index is 0.921. The van der Waals surface area contributed by atoms with Gasteiger partial charge in [-0.05, 0) is 62.2 Å². The van der Waals surface area contributed by atoms with Crippen LogP contribution in [0.4, 0.5) is 0 Å². The van der Waals surface area contributed by atoms with Crippen LogP contribution in [0.2, 0.25) is 0 Å². The van der Waals surface area contributed by atoms with Crippen molar-refractivity contribution in [2.75, 3.05) is 0 Å². The van der Waals surface area contributed by atoms with Crippen LogP contribution in [0.25, 0.3) is 43.3 Å². The van der Waals surface area contributed by atoms with E-state index in [0.29, 0.717) is 0 Å². The molecule has 2 aromatic carbocycles. The SMILES string of the molecule is Cc1cc2c(ccc3c4cccc(-c5cc(C)c(C)cn5)c4oc23)s1. The lowest BCUT2D eigenvalue weighted by Crippen LogP contribution is -1.88. The van der Waals surface area contributed by atoms with Gasteiger partial charge in [-0.25, -0.2) is 0 Å². The number of furan rings is 1. The molecule has 25 heavy (non-hydrogen) atoms. The van der Waals surface area contributed by atoms with Gasteiger partial charge in [0.05, 0.1) is 5.69 Å². The molecule has 0 unspecified atom stereocenters. The van der Waals surface area contributed by atoms with Gasteiger partial charge in [0.1, 0.15) is 11.2 Å². The van der Waals surface area contributed by atoms with Crippen LogP contribution in [0.15, 0.2) is 53.1 Å². The third kappa shape index (κ3) is 2.12. The summed E-state index contributed by atoms with van der Waals surface area (Å²) < 4.78 is 7.67. The van der Waals surface area contributed by atoms with Crippen LogP contribution >= 0.6 is 11.3 Å². The van der Waals surface area contributed by atoms with Crippen molar-refractivity contribution >= 4 is 43.4 Å². The summed E-state index contributed by atoms with van der Waals surface area (Å²) in [4.78, 5) is 5.94. The van der Waals surface area contributed by atoms with Gasteiger partial charge in [0, 0.05) is 37.5 Å². The predicted molar refractivity (Wildman–Crippen MR) is 107 cm³/mol. The summed E-state index contributed by atoms with van der Waals surface area (Å²) in [6, 6.07) is 15.1. The van der Waals surface area contributed by atoms with E-state index in [1.807, 2.05) is 17.5 Å². The van der Waals surface area contributed by atoms with Crippen molar-refractivity contribution in [3.05, 3.63) is 64.7 Å². The third-order valence-corrected chi connectivity index (χ3v) is 5.95. The summed E-state index contributed by atoms with van der Waals surface area (Å²) in [6.07, 6.45) is 1.94. The fraction of sp³-hybridized carbons (Fsp3) is 0.136. The van der Waals surface area contributed by atoms with Gasteiger partial charge in [-0.3, -0.25) is 4.98 Å². The number of hydrogen-bond acceptors (Lipinski definition) is 3. The molecule has 0 atom stereocenters. The van der Waals surface area contributed by atoms with Crippen LogP contribution in [0.1, 0.15) is 16.0 Å². The molecule has 0 aliphatic rings. The first kappa shape index (κ1) is 14.7. The van der Waals surface area contributed by atoms with E-state index in [9.17, 15) is 0 Å². The van der Waals surface area contributed by atoms with Crippen molar-refractivity contribution in [1.82, 2.24) is 4.98 Å². The Bertz CT molecular complexity index is 1280. The molecule has 3 heterocycles. The Morgan fingerprint density at radius 3 is 2.52 bits per heavy atom. The second kappa shape index (κ2) is 5.17. The highest BCUT2D eigenvalue weighted by molar-refractivity contribution is 7.19. The molecule has 0 aliphatic heterocycles. The average molecular weight is 343 g/mol. The van der Waals surface area contributed by atoms with E-state index in [-0.39, 0.29) is 0 Å². The number of thiophene rings is 1. The molecule has 0 aliphatic carbocycles. The molecular formula is C22H17NOS. The molecule has 0 radical (unpaired) electrons. The van der Waals surface area contributed by atoms with Crippen molar-refractivity contribution in [2.45, 2.75) is 20.8 Å². The van der Waals surface area contributed by atoms with Gasteiger partial charge < -0.3 is 4.42 Å². The number of hydrogen-bond donors (Lipinski definition) is 0. The fourth-order valence-electron chi connectivity index (χ4n) is 3.47. The van der Waals surface area contributed by atoms with Crippen molar-refractivity contribution in [1.29, 1.82) is 0 Å². The fourth-order valence-corrected chi connectivity index (χ4v) is 4.39. The maximum atomic E-state index is 6.40. The Morgan fingerprint density at radius 1 is 0.840 bits per heavy atom. The summed E-state index contributed by atoms with van der Waals surface area (Å²) >= 11 is 1.81. The smallest absolute Gasteiger partial charge is 0.144 e. The Labute approximate surface area is 149 Å². The van der Waals surface area contributed by atoms with E-state index in [2.05, 4.69) is 68.2 Å². The summed E-state index contributed by atoms with van der Waals surface area (Å²) in [5.41, 5.74) is 6.37. The minimum Gasteiger partial charge on any atom is -0.455 e. The van der Waals surface area contributed by atoms with Gasteiger partial charge in [-0.1, -0.05) is 12.1 Å². The normalized spacial score (nSPS) is 11.8. The predicted octanol–water partition coefficient (Wildman–Crippen LogP) is 6.79. The number of aryl methyl sites for hydroxylation is 3. The Kier molecular flexibility index (Phi) is 3.03. The minimum atomic E-state index is 0.921. The van der Waals surface area contributed by atoms with Gasteiger partial charge in [-0.15, -0.1) is 11.3 Å². The molecule has 0 spiro atoms. The number of nitrogens with zero attached hydrogens (tertiary/aromatic N) is 1. The van der Waals surface area contributed by atoms with Crippen molar-refractivity contribution in [3.8, 4) is 11.3 Å². The van der Waals surface area contributed by atoms with Crippen LogP contribution in [0.5, 0.6) is 0 Å². The lowest BCUT2D eigenvalue weighted by atomic mass is 10.0. The summed E-state index contributed by atoms with van der Waals surface area (Å²) in [5.74, 6) is 0. The van der Waals surface area contributed by atoms with Gasteiger partial charge in [-0.2, -0.15) is 0 Å².